The summed E-state index contributed by atoms with van der Waals surface area (Å²) in [6.07, 6.45) is 15.5. The number of fused-ring (bicyclic) bond motifs is 9. The lowest BCUT2D eigenvalue weighted by atomic mass is 9.95. The van der Waals surface area contributed by atoms with E-state index in [1.54, 1.807) is 39.0 Å². The van der Waals surface area contributed by atoms with Crippen LogP contribution in [0.5, 0.6) is 0 Å². The van der Waals surface area contributed by atoms with Crippen LogP contribution in [0.1, 0.15) is 176 Å². The van der Waals surface area contributed by atoms with Gasteiger partial charge in [0.2, 0.25) is 0 Å². The van der Waals surface area contributed by atoms with E-state index in [9.17, 15) is 0 Å². The molecule has 6 aromatic rings. The molecule has 3 aromatic carbocycles. The van der Waals surface area contributed by atoms with Crippen molar-refractivity contribution in [3.05, 3.63) is 139 Å². The molecule has 3 aliphatic rings. The van der Waals surface area contributed by atoms with Crippen LogP contribution in [0.2, 0.25) is 0 Å². The summed E-state index contributed by atoms with van der Waals surface area (Å²) >= 11 is 0. The molecule has 0 bridgehead atoms. The number of pyridine rings is 3. The van der Waals surface area contributed by atoms with Gasteiger partial charge < -0.3 is 0 Å². The lowest BCUT2D eigenvalue weighted by molar-refractivity contribution is 1.02. The maximum Gasteiger partial charge on any atom is 0.0711 e. The molecule has 3 aromatic heterocycles. The van der Waals surface area contributed by atoms with Crippen LogP contribution in [-0.2, 0) is 51.4 Å². The van der Waals surface area contributed by atoms with Gasteiger partial charge in [0, 0.05) is 49.9 Å². The first kappa shape index (κ1) is 44.2. The fourth-order valence-electron chi connectivity index (χ4n) is 10.8. The summed E-state index contributed by atoms with van der Waals surface area (Å²) in [5.41, 5.74) is 28.8. The highest BCUT2D eigenvalue weighted by Gasteiger charge is 2.27. The molecule has 61 heavy (non-hydrogen) atoms. The second-order valence-corrected chi connectivity index (χ2v) is 17.1. The number of para-hydroxylation sites is 1. The molecule has 3 nitrogen and oxygen atoms in total. The number of hydrogen-bond donors (Lipinski definition) is 0. The van der Waals surface area contributed by atoms with Crippen molar-refractivity contribution in [2.45, 2.75) is 166 Å². The average Bonchev–Trinajstić information content (AvgIpc) is 4.02. The first-order valence-corrected chi connectivity index (χ1v) is 24.2. The van der Waals surface area contributed by atoms with Crippen molar-refractivity contribution in [1.29, 1.82) is 0 Å². The van der Waals surface area contributed by atoms with Crippen molar-refractivity contribution < 1.29 is 0 Å². The van der Waals surface area contributed by atoms with Gasteiger partial charge in [-0.1, -0.05) is 129 Å². The van der Waals surface area contributed by atoms with Crippen molar-refractivity contribution in [3.8, 4) is 0 Å². The summed E-state index contributed by atoms with van der Waals surface area (Å²) in [6, 6.07) is 22.2. The maximum atomic E-state index is 5.01. The average molecular weight is 810 g/mol. The fourth-order valence-corrected chi connectivity index (χ4v) is 10.8. The molecule has 318 valence electrons. The quantitative estimate of drug-likeness (QED) is 0.131. The number of rotatable bonds is 11. The fraction of sp³-hybridized carbons (Fsp3) is 0.431. The minimum atomic E-state index is 1.02. The Bertz CT molecular complexity index is 2700. The van der Waals surface area contributed by atoms with Gasteiger partial charge in [-0.05, 0) is 159 Å². The van der Waals surface area contributed by atoms with E-state index in [1.165, 1.54) is 83.2 Å². The molecule has 0 amide bonds. The third kappa shape index (κ3) is 8.15. The van der Waals surface area contributed by atoms with Crippen LogP contribution in [0.3, 0.4) is 0 Å². The van der Waals surface area contributed by atoms with E-state index in [-0.39, 0.29) is 0 Å². The van der Waals surface area contributed by atoms with E-state index in [4.69, 9.17) is 15.0 Å². The highest BCUT2D eigenvalue weighted by Crippen LogP contribution is 2.44. The number of nitrogens with zero attached hydrogens (tertiary/aromatic N) is 3. The second kappa shape index (κ2) is 19.4. The Morgan fingerprint density at radius 2 is 0.738 bits per heavy atom. The second-order valence-electron chi connectivity index (χ2n) is 17.1. The Morgan fingerprint density at radius 3 is 1.18 bits per heavy atom. The van der Waals surface area contributed by atoms with Gasteiger partial charge >= 0.3 is 0 Å². The first-order valence-electron chi connectivity index (χ1n) is 24.2. The van der Waals surface area contributed by atoms with E-state index in [0.29, 0.717) is 0 Å². The van der Waals surface area contributed by atoms with Gasteiger partial charge in [-0.15, -0.1) is 0 Å². The van der Waals surface area contributed by atoms with Gasteiger partial charge in [0.05, 0.1) is 16.6 Å². The number of aromatic nitrogens is 3. The molecule has 0 saturated carbocycles. The third-order valence-electron chi connectivity index (χ3n) is 14.1. The predicted molar refractivity (Wildman–Crippen MR) is 266 cm³/mol. The van der Waals surface area contributed by atoms with Gasteiger partial charge in [0.15, 0.2) is 0 Å². The molecule has 9 rings (SSSR count). The first-order chi connectivity index (χ1) is 29.8. The van der Waals surface area contributed by atoms with Crippen molar-refractivity contribution in [3.63, 3.8) is 0 Å². The predicted octanol–water partition coefficient (Wildman–Crippen LogP) is 15.9. The van der Waals surface area contributed by atoms with Crippen LogP contribution in [0.15, 0.2) is 77.4 Å². The molecule has 0 fully saturated rings. The van der Waals surface area contributed by atoms with Crippen LogP contribution in [-0.4, -0.2) is 15.0 Å². The zero-order valence-electron chi connectivity index (χ0n) is 39.5. The lowest BCUT2D eigenvalue weighted by Crippen LogP contribution is -1.99. The molecular formula is C58H71N3. The van der Waals surface area contributed by atoms with Gasteiger partial charge in [-0.3, -0.25) is 15.0 Å². The summed E-state index contributed by atoms with van der Waals surface area (Å²) in [5, 5.41) is 4.11. The Balaban J connectivity index is 0.000000138. The Kier molecular flexibility index (Phi) is 14.1. The van der Waals surface area contributed by atoms with Crippen LogP contribution in [0.25, 0.3) is 49.4 Å². The molecule has 0 N–H and O–H groups in total. The largest absolute Gasteiger partial charge is 0.252 e. The van der Waals surface area contributed by atoms with Crippen LogP contribution < -0.4 is 0 Å². The molecule has 3 heterocycles. The van der Waals surface area contributed by atoms with Crippen molar-refractivity contribution in [2.75, 3.05) is 0 Å². The van der Waals surface area contributed by atoms with Crippen molar-refractivity contribution >= 4 is 49.4 Å². The topological polar surface area (TPSA) is 38.7 Å². The van der Waals surface area contributed by atoms with Gasteiger partial charge in [0.25, 0.3) is 0 Å². The molecular weight excluding hydrogens is 739 g/mol. The highest BCUT2D eigenvalue weighted by molar-refractivity contribution is 5.95. The summed E-state index contributed by atoms with van der Waals surface area (Å²) in [7, 11) is 0. The standard InChI is InChI=1S/2C20H25N.C18H21N/c1-5-13-9-10-19-16(11-13)17-12-14(6-2)15(7-3)20(17)18(8-4)21-19;1-5-13-9-10-16-17-12-14(6-2)15(7-3)20(17)18(8-4)21-19(16)11-13;1-4-12-11-15-14-9-7-8-10-17(14)19-16(6-3)18(15)13(12)5-2/h2*9-11H,5-8,12H2,1-4H3;7-10H,4-6,11H2,1-3H3. The van der Waals surface area contributed by atoms with Crippen LogP contribution in [0, 0.1) is 0 Å². The highest BCUT2D eigenvalue weighted by atomic mass is 14.7. The van der Waals surface area contributed by atoms with Gasteiger partial charge in [-0.25, -0.2) is 0 Å². The number of aryl methyl sites for hydroxylation is 5. The number of benzene rings is 3. The Hall–Kier alpha value is -4.89. The molecule has 0 saturated heterocycles. The third-order valence-corrected chi connectivity index (χ3v) is 14.1. The molecule has 0 radical (unpaired) electrons. The molecule has 3 aliphatic carbocycles. The van der Waals surface area contributed by atoms with Gasteiger partial charge in [-0.2, -0.15) is 0 Å². The lowest BCUT2D eigenvalue weighted by Gasteiger charge is -2.13. The smallest absolute Gasteiger partial charge is 0.0711 e. The van der Waals surface area contributed by atoms with Gasteiger partial charge in [0.1, 0.15) is 0 Å². The monoisotopic (exact) mass is 810 g/mol. The van der Waals surface area contributed by atoms with Crippen LogP contribution in [0.4, 0.5) is 0 Å². The zero-order valence-corrected chi connectivity index (χ0v) is 39.5. The minimum absolute atomic E-state index is 1.02. The Labute approximate surface area is 367 Å². The maximum absolute atomic E-state index is 5.01. The van der Waals surface area contributed by atoms with E-state index < -0.39 is 0 Å². The summed E-state index contributed by atoms with van der Waals surface area (Å²) < 4.78 is 0. The van der Waals surface area contributed by atoms with E-state index in [1.807, 2.05) is 0 Å². The van der Waals surface area contributed by atoms with Crippen molar-refractivity contribution in [1.82, 2.24) is 15.0 Å². The normalized spacial score (nSPS) is 14.1. The van der Waals surface area contributed by atoms with Crippen LogP contribution >= 0.6 is 0 Å². The summed E-state index contributed by atoms with van der Waals surface area (Å²) in [4.78, 5) is 14.9. The summed E-state index contributed by atoms with van der Waals surface area (Å²) in [6.45, 7) is 24.8. The molecule has 0 atom stereocenters. The molecule has 0 spiro atoms. The zero-order chi connectivity index (χ0) is 43.4. The van der Waals surface area contributed by atoms with E-state index in [2.05, 4.69) is 137 Å². The van der Waals surface area contributed by atoms with E-state index in [0.717, 1.165) is 95.4 Å². The summed E-state index contributed by atoms with van der Waals surface area (Å²) in [5.74, 6) is 0. The van der Waals surface area contributed by atoms with Crippen molar-refractivity contribution in [2.24, 2.45) is 0 Å². The molecule has 3 heteroatoms. The Morgan fingerprint density at radius 1 is 0.344 bits per heavy atom. The number of hydrogen-bond acceptors (Lipinski definition) is 3. The molecule has 0 aliphatic heterocycles. The SMILES string of the molecule is CCC1=C(CC)c2c(CC)nc3cc(CC)ccc3c2C1.CCC1=C(CC)c2c(CC)nc3ccc(CC)cc3c2C1.CCC1=C(CC)c2c(CC)nc3ccccc3c2C1. The number of allylic oxidation sites excluding steroid dienone is 6. The van der Waals surface area contributed by atoms with E-state index >= 15 is 0 Å². The molecule has 0 unspecified atom stereocenters. The minimum Gasteiger partial charge on any atom is -0.252 e.